The lowest BCUT2D eigenvalue weighted by Crippen LogP contribution is -2.09. The molecule has 2 nitrogen and oxygen atoms in total. The number of hydrogen-bond donors (Lipinski definition) is 0. The average Bonchev–Trinajstić information content (AvgIpc) is 2.99. The van der Waals surface area contributed by atoms with Crippen molar-refractivity contribution in [1.29, 1.82) is 5.26 Å². The van der Waals surface area contributed by atoms with Gasteiger partial charge in [-0.1, -0.05) is 96.1 Å². The van der Waals surface area contributed by atoms with Gasteiger partial charge in [-0.05, 0) is 96.1 Å². The van der Waals surface area contributed by atoms with Gasteiger partial charge in [0.25, 0.3) is 0 Å². The third-order valence-electron chi connectivity index (χ3n) is 7.60. The molecule has 192 valence electrons. The van der Waals surface area contributed by atoms with Crippen LogP contribution in [0, 0.1) is 32.1 Å². The Labute approximate surface area is 236 Å². The van der Waals surface area contributed by atoms with Crippen LogP contribution in [-0.2, 0) is 0 Å². The Morgan fingerprint density at radius 2 is 1.07 bits per heavy atom. The van der Waals surface area contributed by atoms with Gasteiger partial charge in [-0.15, -0.1) is 0 Å². The average molecular weight is 515 g/mol. The zero-order valence-electron chi connectivity index (χ0n) is 23.0. The largest absolute Gasteiger partial charge is 0.311 e. The lowest BCUT2D eigenvalue weighted by molar-refractivity contribution is 1.27. The van der Waals surface area contributed by atoms with Crippen LogP contribution >= 0.6 is 0 Å². The molecular formula is C38H30N2. The minimum Gasteiger partial charge on any atom is -0.311 e. The van der Waals surface area contributed by atoms with Crippen LogP contribution in [0.25, 0.3) is 33.7 Å². The predicted octanol–water partition coefficient (Wildman–Crippen LogP) is 10.4. The van der Waals surface area contributed by atoms with Gasteiger partial charge in [0.1, 0.15) is 6.07 Å². The topological polar surface area (TPSA) is 27.0 Å². The number of aryl methyl sites for hydroxylation is 3. The first-order valence-electron chi connectivity index (χ1n) is 13.6. The van der Waals surface area contributed by atoms with Crippen molar-refractivity contribution in [1.82, 2.24) is 0 Å². The quantitative estimate of drug-likeness (QED) is 0.169. The molecule has 0 atom stereocenters. The van der Waals surface area contributed by atoms with Crippen molar-refractivity contribution in [3.05, 3.63) is 149 Å². The van der Waals surface area contributed by atoms with E-state index in [1.54, 1.807) is 0 Å². The maximum atomic E-state index is 9.90. The number of rotatable bonds is 5. The summed E-state index contributed by atoms with van der Waals surface area (Å²) in [5.74, 6) is 0. The number of para-hydroxylation sites is 1. The van der Waals surface area contributed by atoms with Gasteiger partial charge in [-0.2, -0.15) is 5.26 Å². The number of nitrogens with zero attached hydrogens (tertiary/aromatic N) is 2. The van der Waals surface area contributed by atoms with E-state index in [0.29, 0.717) is 0 Å². The van der Waals surface area contributed by atoms with Crippen molar-refractivity contribution >= 4 is 50.8 Å². The van der Waals surface area contributed by atoms with Gasteiger partial charge < -0.3 is 4.90 Å². The van der Waals surface area contributed by atoms with Crippen LogP contribution < -0.4 is 4.90 Å². The van der Waals surface area contributed by atoms with Gasteiger partial charge in [-0.3, -0.25) is 0 Å². The van der Waals surface area contributed by atoms with Gasteiger partial charge in [0.05, 0.1) is 5.56 Å². The molecule has 0 spiro atoms. The second kappa shape index (κ2) is 10.6. The molecule has 0 aliphatic rings. The molecule has 0 bridgehead atoms. The molecule has 40 heavy (non-hydrogen) atoms. The Kier molecular flexibility index (Phi) is 6.64. The van der Waals surface area contributed by atoms with Crippen molar-refractivity contribution < 1.29 is 0 Å². The molecule has 0 unspecified atom stereocenters. The Morgan fingerprint density at radius 3 is 1.77 bits per heavy atom. The molecule has 0 aliphatic carbocycles. The fourth-order valence-corrected chi connectivity index (χ4v) is 5.44. The van der Waals surface area contributed by atoms with E-state index >= 15 is 0 Å². The molecule has 6 rings (SSSR count). The summed E-state index contributed by atoms with van der Waals surface area (Å²) in [4.78, 5) is 2.28. The minimum atomic E-state index is 0.758. The molecule has 0 aromatic heterocycles. The molecule has 0 saturated heterocycles. The Hall–Kier alpha value is -5.13. The van der Waals surface area contributed by atoms with Crippen molar-refractivity contribution in [2.45, 2.75) is 20.8 Å². The van der Waals surface area contributed by atoms with E-state index < -0.39 is 0 Å². The molecule has 0 radical (unpaired) electrons. The Bertz CT molecular complexity index is 1910. The fourth-order valence-electron chi connectivity index (χ4n) is 5.44. The normalized spacial score (nSPS) is 11.2. The SMILES string of the molecule is Cc1ccc(N(c2ccccc2)c2ccc(/C=C/c3ccc4c(C#N)c(C)c5ccc(C)cc5c4c3)cc2)cc1. The third kappa shape index (κ3) is 4.75. The van der Waals surface area contributed by atoms with Crippen LogP contribution in [0.1, 0.15) is 33.4 Å². The summed E-state index contributed by atoms with van der Waals surface area (Å²) in [6.45, 7) is 6.27. The minimum absolute atomic E-state index is 0.758. The predicted molar refractivity (Wildman–Crippen MR) is 170 cm³/mol. The van der Waals surface area contributed by atoms with Crippen LogP contribution in [0.4, 0.5) is 17.1 Å². The molecule has 0 fully saturated rings. The van der Waals surface area contributed by atoms with Crippen molar-refractivity contribution in [2.75, 3.05) is 4.90 Å². The van der Waals surface area contributed by atoms with Crippen LogP contribution in [0.2, 0.25) is 0 Å². The first kappa shape index (κ1) is 25.2. The van der Waals surface area contributed by atoms with Gasteiger partial charge in [0.2, 0.25) is 0 Å². The van der Waals surface area contributed by atoms with Crippen molar-refractivity contribution in [3.63, 3.8) is 0 Å². The molecule has 0 N–H and O–H groups in total. The second-order valence-electron chi connectivity index (χ2n) is 10.4. The molecule has 2 heteroatoms. The Balaban J connectivity index is 1.35. The van der Waals surface area contributed by atoms with Gasteiger partial charge >= 0.3 is 0 Å². The van der Waals surface area contributed by atoms with Crippen LogP contribution in [0.3, 0.4) is 0 Å². The second-order valence-corrected chi connectivity index (χ2v) is 10.4. The molecular weight excluding hydrogens is 484 g/mol. The first-order valence-corrected chi connectivity index (χ1v) is 13.6. The molecule has 0 aliphatic heterocycles. The highest BCUT2D eigenvalue weighted by molar-refractivity contribution is 6.12. The summed E-state index contributed by atoms with van der Waals surface area (Å²) >= 11 is 0. The number of fused-ring (bicyclic) bond motifs is 3. The maximum absolute atomic E-state index is 9.90. The number of hydrogen-bond acceptors (Lipinski definition) is 2. The van der Waals surface area contributed by atoms with Gasteiger partial charge in [-0.25, -0.2) is 0 Å². The smallest absolute Gasteiger partial charge is 0.100 e. The first-order chi connectivity index (χ1) is 19.5. The van der Waals surface area contributed by atoms with E-state index in [9.17, 15) is 5.26 Å². The zero-order chi connectivity index (χ0) is 27.6. The van der Waals surface area contributed by atoms with E-state index in [0.717, 1.165) is 55.5 Å². The molecule has 0 amide bonds. The third-order valence-corrected chi connectivity index (χ3v) is 7.60. The van der Waals surface area contributed by atoms with E-state index in [4.69, 9.17) is 0 Å². The summed E-state index contributed by atoms with van der Waals surface area (Å²) in [5.41, 5.74) is 9.87. The summed E-state index contributed by atoms with van der Waals surface area (Å²) in [6, 6.07) is 43.1. The fraction of sp³-hybridized carbons (Fsp3) is 0.0789. The highest BCUT2D eigenvalue weighted by Gasteiger charge is 2.13. The summed E-state index contributed by atoms with van der Waals surface area (Å²) in [7, 11) is 0. The van der Waals surface area contributed by atoms with Gasteiger partial charge in [0, 0.05) is 22.4 Å². The Morgan fingerprint density at radius 1 is 0.525 bits per heavy atom. The number of benzene rings is 6. The molecule has 0 saturated carbocycles. The molecule has 0 heterocycles. The van der Waals surface area contributed by atoms with Crippen molar-refractivity contribution in [2.24, 2.45) is 0 Å². The van der Waals surface area contributed by atoms with E-state index in [1.165, 1.54) is 16.5 Å². The van der Waals surface area contributed by atoms with Crippen LogP contribution in [-0.4, -0.2) is 0 Å². The lowest BCUT2D eigenvalue weighted by Gasteiger charge is -2.25. The summed E-state index contributed by atoms with van der Waals surface area (Å²) < 4.78 is 0. The number of anilines is 3. The van der Waals surface area contributed by atoms with Crippen LogP contribution in [0.5, 0.6) is 0 Å². The maximum Gasteiger partial charge on any atom is 0.100 e. The van der Waals surface area contributed by atoms with E-state index in [-0.39, 0.29) is 0 Å². The number of nitriles is 1. The standard InChI is InChI=1S/C38H30N2/c1-26-9-17-32(18-10-26)40(31-7-5-4-6-8-31)33-19-14-29(15-20-33)12-13-30-16-22-35-37(24-30)36-23-27(2)11-21-34(36)28(3)38(35)25-39/h4-24H,1-3H3/b13-12+. The van der Waals surface area contributed by atoms with Crippen LogP contribution in [0.15, 0.2) is 115 Å². The van der Waals surface area contributed by atoms with Crippen molar-refractivity contribution in [3.8, 4) is 6.07 Å². The zero-order valence-corrected chi connectivity index (χ0v) is 23.0. The molecule has 6 aromatic carbocycles. The highest BCUT2D eigenvalue weighted by Crippen LogP contribution is 2.36. The van der Waals surface area contributed by atoms with E-state index in [2.05, 4.69) is 146 Å². The monoisotopic (exact) mass is 514 g/mol. The summed E-state index contributed by atoms with van der Waals surface area (Å²) in [5, 5.41) is 14.4. The highest BCUT2D eigenvalue weighted by atomic mass is 15.1. The lowest BCUT2D eigenvalue weighted by atomic mass is 9.91. The van der Waals surface area contributed by atoms with Gasteiger partial charge in [0.15, 0.2) is 0 Å². The molecule has 6 aromatic rings. The summed E-state index contributed by atoms with van der Waals surface area (Å²) in [6.07, 6.45) is 4.30. The van der Waals surface area contributed by atoms with E-state index in [1.807, 2.05) is 13.0 Å².